The van der Waals surface area contributed by atoms with Gasteiger partial charge >= 0.3 is 0 Å². The third-order valence-corrected chi connectivity index (χ3v) is 2.39. The van der Waals surface area contributed by atoms with Gasteiger partial charge in [0.05, 0.1) is 6.07 Å². The van der Waals surface area contributed by atoms with Crippen LogP contribution in [0.25, 0.3) is 4.85 Å². The molecule has 1 aromatic heterocycles. The third-order valence-electron chi connectivity index (χ3n) is 2.39. The van der Waals surface area contributed by atoms with Gasteiger partial charge in [-0.15, -0.1) is 4.98 Å². The summed E-state index contributed by atoms with van der Waals surface area (Å²) < 4.78 is 0. The van der Waals surface area contributed by atoms with Crippen molar-refractivity contribution in [1.82, 2.24) is 4.98 Å². The molecule has 1 aliphatic carbocycles. The van der Waals surface area contributed by atoms with E-state index in [4.69, 9.17) is 11.8 Å². The summed E-state index contributed by atoms with van der Waals surface area (Å²) in [7, 11) is 0. The summed E-state index contributed by atoms with van der Waals surface area (Å²) in [6.45, 7) is 6.78. The van der Waals surface area contributed by atoms with Gasteiger partial charge < -0.3 is 4.85 Å². The number of ketones is 2. The number of rotatable bonds is 0. The minimum absolute atomic E-state index is 0.0323. The van der Waals surface area contributed by atoms with E-state index in [-0.39, 0.29) is 17.9 Å². The largest absolute Gasteiger partial charge is 0.361 e. The van der Waals surface area contributed by atoms with Gasteiger partial charge in [0.15, 0.2) is 11.7 Å². The minimum atomic E-state index is -1.26. The fourth-order valence-corrected chi connectivity index (χ4v) is 1.60. The van der Waals surface area contributed by atoms with E-state index in [1.165, 1.54) is 6.07 Å². The van der Waals surface area contributed by atoms with E-state index < -0.39 is 17.5 Å². The van der Waals surface area contributed by atoms with E-state index in [0.717, 1.165) is 0 Å². The van der Waals surface area contributed by atoms with E-state index in [1.807, 2.05) is 0 Å². The Morgan fingerprint density at radius 1 is 1.50 bits per heavy atom. The highest BCUT2D eigenvalue weighted by atomic mass is 16.2. The van der Waals surface area contributed by atoms with Crippen molar-refractivity contribution in [3.63, 3.8) is 0 Å². The first kappa shape index (κ1) is 10.0. The fourth-order valence-electron chi connectivity index (χ4n) is 1.60. The monoisotopic (exact) mass is 211 g/mol. The van der Waals surface area contributed by atoms with Crippen LogP contribution < -0.4 is 0 Å². The average molecular weight is 211 g/mol. The molecular formula is C11H5N3O2. The summed E-state index contributed by atoms with van der Waals surface area (Å²) in [6, 6.07) is 4.66. The molecule has 1 aromatic rings. The van der Waals surface area contributed by atoms with Crippen LogP contribution in [-0.2, 0) is 11.2 Å². The molecular weight excluding hydrogens is 206 g/mol. The van der Waals surface area contributed by atoms with Crippen LogP contribution in [0.3, 0.4) is 0 Å². The van der Waals surface area contributed by atoms with Crippen molar-refractivity contribution in [1.29, 1.82) is 5.26 Å². The Morgan fingerprint density at radius 2 is 2.25 bits per heavy atom. The number of hydrogen-bond donors (Lipinski definition) is 0. The van der Waals surface area contributed by atoms with Crippen molar-refractivity contribution < 1.29 is 9.59 Å². The minimum Gasteiger partial charge on any atom is -0.361 e. The Morgan fingerprint density at radius 3 is 2.88 bits per heavy atom. The van der Waals surface area contributed by atoms with Gasteiger partial charge in [-0.05, 0) is 6.07 Å². The van der Waals surface area contributed by atoms with Gasteiger partial charge in [0.25, 0.3) is 5.82 Å². The molecule has 1 unspecified atom stereocenters. The summed E-state index contributed by atoms with van der Waals surface area (Å²) >= 11 is 0. The van der Waals surface area contributed by atoms with E-state index in [2.05, 4.69) is 9.83 Å². The van der Waals surface area contributed by atoms with E-state index in [1.54, 1.807) is 12.1 Å². The maximum Gasteiger partial charge on any atom is 0.270 e. The molecule has 0 spiro atoms. The Labute approximate surface area is 91.2 Å². The number of carbonyl (C=O) groups excluding carboxylic acids is 2. The molecule has 1 aliphatic rings. The zero-order chi connectivity index (χ0) is 11.7. The lowest BCUT2D eigenvalue weighted by Gasteiger charge is -2.13. The maximum absolute atomic E-state index is 11.7. The SMILES string of the molecule is [C-]#[N+]c1ccc2c(n1)C(=O)C(C#N)C(=O)C2. The number of Topliss-reactive ketones (excluding diaryl/α,β-unsaturated/α-hetero) is 2. The lowest BCUT2D eigenvalue weighted by molar-refractivity contribution is -0.119. The normalized spacial score (nSPS) is 18.5. The first-order chi connectivity index (χ1) is 7.67. The Hall–Kier alpha value is -2.53. The van der Waals surface area contributed by atoms with Gasteiger partial charge in [0.2, 0.25) is 11.5 Å². The van der Waals surface area contributed by atoms with Crippen LogP contribution in [0.4, 0.5) is 5.82 Å². The quantitative estimate of drug-likeness (QED) is 0.475. The molecule has 0 radical (unpaired) electrons. The van der Waals surface area contributed by atoms with E-state index in [0.29, 0.717) is 5.56 Å². The van der Waals surface area contributed by atoms with Crippen LogP contribution in [0, 0.1) is 23.8 Å². The molecule has 1 atom stereocenters. The summed E-state index contributed by atoms with van der Waals surface area (Å²) in [6.07, 6.45) is 0.0323. The van der Waals surface area contributed by atoms with Gasteiger partial charge in [-0.3, -0.25) is 9.59 Å². The molecule has 5 heteroatoms. The van der Waals surface area contributed by atoms with Crippen molar-refractivity contribution in [3.05, 3.63) is 34.8 Å². The molecule has 0 aromatic carbocycles. The Balaban J connectivity index is 2.58. The predicted octanol–water partition coefficient (Wildman–Crippen LogP) is 1.08. The fraction of sp³-hybridized carbons (Fsp3) is 0.182. The smallest absolute Gasteiger partial charge is 0.270 e. The highest BCUT2D eigenvalue weighted by Gasteiger charge is 2.37. The second-order valence-corrected chi connectivity index (χ2v) is 3.36. The van der Waals surface area contributed by atoms with Crippen LogP contribution >= 0.6 is 0 Å². The highest BCUT2D eigenvalue weighted by Crippen LogP contribution is 2.23. The number of pyridine rings is 1. The van der Waals surface area contributed by atoms with Crippen molar-refractivity contribution in [2.24, 2.45) is 5.92 Å². The number of nitrogens with zero attached hydrogens (tertiary/aromatic N) is 3. The molecule has 0 saturated heterocycles. The molecule has 0 amide bonds. The van der Waals surface area contributed by atoms with E-state index >= 15 is 0 Å². The lowest BCUT2D eigenvalue weighted by atomic mass is 9.85. The van der Waals surface area contributed by atoms with Crippen molar-refractivity contribution >= 4 is 17.4 Å². The molecule has 16 heavy (non-hydrogen) atoms. The first-order valence-corrected chi connectivity index (χ1v) is 4.51. The van der Waals surface area contributed by atoms with Gasteiger partial charge in [0.1, 0.15) is 0 Å². The molecule has 0 fully saturated rings. The Kier molecular flexibility index (Phi) is 2.23. The van der Waals surface area contributed by atoms with Crippen LogP contribution in [0.5, 0.6) is 0 Å². The molecule has 0 saturated carbocycles. The van der Waals surface area contributed by atoms with Crippen LogP contribution in [-0.4, -0.2) is 16.6 Å². The van der Waals surface area contributed by atoms with Gasteiger partial charge in [-0.2, -0.15) is 5.26 Å². The number of hydrogen-bond acceptors (Lipinski definition) is 4. The number of nitriles is 1. The van der Waals surface area contributed by atoms with Gasteiger partial charge in [-0.25, -0.2) is 0 Å². The zero-order valence-electron chi connectivity index (χ0n) is 8.10. The highest BCUT2D eigenvalue weighted by molar-refractivity contribution is 6.16. The summed E-state index contributed by atoms with van der Waals surface area (Å²) in [5, 5.41) is 8.70. The van der Waals surface area contributed by atoms with Crippen LogP contribution in [0.1, 0.15) is 16.1 Å². The number of carbonyl (C=O) groups is 2. The zero-order valence-corrected chi connectivity index (χ0v) is 8.10. The summed E-state index contributed by atoms with van der Waals surface area (Å²) in [5.74, 6) is -2.17. The molecule has 0 bridgehead atoms. The standard InChI is InChI=1S/C11H5N3O2/c1-13-9-3-2-6-4-8(15)7(5-12)11(16)10(6)14-9/h2-3,7H,4H2. The van der Waals surface area contributed by atoms with E-state index in [9.17, 15) is 9.59 Å². The second kappa shape index (κ2) is 3.56. The molecule has 0 N–H and O–H groups in total. The summed E-state index contributed by atoms with van der Waals surface area (Å²) in [5.41, 5.74) is 0.577. The topological polar surface area (TPSA) is 75.2 Å². The molecule has 76 valence electrons. The van der Waals surface area contributed by atoms with Gasteiger partial charge in [0, 0.05) is 12.0 Å². The molecule has 5 nitrogen and oxygen atoms in total. The first-order valence-electron chi connectivity index (χ1n) is 4.51. The van der Waals surface area contributed by atoms with Crippen molar-refractivity contribution in [2.45, 2.75) is 6.42 Å². The van der Waals surface area contributed by atoms with Crippen LogP contribution in [0.15, 0.2) is 12.1 Å². The number of aromatic nitrogens is 1. The molecule has 2 rings (SSSR count). The second-order valence-electron chi connectivity index (χ2n) is 3.36. The molecule has 1 heterocycles. The number of fused-ring (bicyclic) bond motifs is 1. The van der Waals surface area contributed by atoms with Crippen molar-refractivity contribution in [2.75, 3.05) is 0 Å². The third kappa shape index (κ3) is 1.35. The predicted molar refractivity (Wildman–Crippen MR) is 52.6 cm³/mol. The van der Waals surface area contributed by atoms with Crippen molar-refractivity contribution in [3.8, 4) is 6.07 Å². The van der Waals surface area contributed by atoms with Gasteiger partial charge in [-0.1, -0.05) is 12.6 Å². The average Bonchev–Trinajstić information content (AvgIpc) is 2.29. The summed E-state index contributed by atoms with van der Waals surface area (Å²) in [4.78, 5) is 30.1. The lowest BCUT2D eigenvalue weighted by Crippen LogP contribution is -2.31. The molecule has 0 aliphatic heterocycles. The maximum atomic E-state index is 11.7. The van der Waals surface area contributed by atoms with Crippen LogP contribution in [0.2, 0.25) is 0 Å². The Bertz CT molecular complexity index is 578.